The Kier molecular flexibility index (Phi) is 5.41. The molecular formula is C20H22FN3O2S. The van der Waals surface area contributed by atoms with Crippen molar-refractivity contribution >= 4 is 27.5 Å². The van der Waals surface area contributed by atoms with Crippen LogP contribution in [-0.4, -0.2) is 27.4 Å². The molecule has 5 nitrogen and oxygen atoms in total. The molecule has 0 fully saturated rings. The van der Waals surface area contributed by atoms with E-state index in [1.807, 2.05) is 20.8 Å². The molecule has 3 aromatic rings. The second-order valence-electron chi connectivity index (χ2n) is 6.69. The number of carbonyl (C=O) groups excluding carboxylic acids is 1. The molecule has 0 radical (unpaired) electrons. The molecule has 142 valence electrons. The minimum absolute atomic E-state index is 0.0861. The van der Waals surface area contributed by atoms with Gasteiger partial charge in [0.25, 0.3) is 5.56 Å². The number of nitrogens with zero attached hydrogens (tertiary/aromatic N) is 3. The fourth-order valence-electron chi connectivity index (χ4n) is 3.00. The molecule has 27 heavy (non-hydrogen) atoms. The second-order valence-corrected chi connectivity index (χ2v) is 7.89. The number of hydrogen-bond acceptors (Lipinski definition) is 4. The molecule has 1 unspecified atom stereocenters. The zero-order valence-electron chi connectivity index (χ0n) is 15.8. The average Bonchev–Trinajstić information content (AvgIpc) is 2.95. The highest BCUT2D eigenvalue weighted by atomic mass is 32.1. The number of carbonyl (C=O) groups is 1. The Labute approximate surface area is 161 Å². The van der Waals surface area contributed by atoms with Gasteiger partial charge in [-0.05, 0) is 44.0 Å². The van der Waals surface area contributed by atoms with Crippen LogP contribution in [0.2, 0.25) is 0 Å². The maximum absolute atomic E-state index is 13.1. The Morgan fingerprint density at radius 1 is 1.30 bits per heavy atom. The molecule has 7 heteroatoms. The lowest BCUT2D eigenvalue weighted by atomic mass is 10.1. The van der Waals surface area contributed by atoms with Crippen LogP contribution in [0.3, 0.4) is 0 Å². The summed E-state index contributed by atoms with van der Waals surface area (Å²) in [6, 6.07) is 5.94. The van der Waals surface area contributed by atoms with Gasteiger partial charge in [0, 0.05) is 24.9 Å². The highest BCUT2D eigenvalue weighted by molar-refractivity contribution is 7.18. The van der Waals surface area contributed by atoms with Gasteiger partial charge in [-0.2, -0.15) is 0 Å². The molecule has 0 aliphatic rings. The molecule has 0 bridgehead atoms. The summed E-state index contributed by atoms with van der Waals surface area (Å²) in [6.45, 7) is 6.06. The van der Waals surface area contributed by atoms with Crippen molar-refractivity contribution in [3.8, 4) is 0 Å². The van der Waals surface area contributed by atoms with Crippen LogP contribution in [0.5, 0.6) is 0 Å². The Balaban J connectivity index is 1.72. The van der Waals surface area contributed by atoms with Crippen LogP contribution in [0.15, 0.2) is 35.4 Å². The van der Waals surface area contributed by atoms with Gasteiger partial charge in [-0.15, -0.1) is 11.3 Å². The highest BCUT2D eigenvalue weighted by Crippen LogP contribution is 2.25. The minimum Gasteiger partial charge on any atom is -0.339 e. The molecule has 2 heterocycles. The number of hydrogen-bond donors (Lipinski definition) is 0. The van der Waals surface area contributed by atoms with E-state index in [0.29, 0.717) is 5.39 Å². The molecule has 0 saturated carbocycles. The van der Waals surface area contributed by atoms with Crippen molar-refractivity contribution in [3.63, 3.8) is 0 Å². The van der Waals surface area contributed by atoms with Gasteiger partial charge in [-0.25, -0.2) is 9.37 Å². The predicted octanol–water partition coefficient (Wildman–Crippen LogP) is 3.82. The van der Waals surface area contributed by atoms with Crippen molar-refractivity contribution in [2.75, 3.05) is 7.05 Å². The van der Waals surface area contributed by atoms with Gasteiger partial charge in [0.15, 0.2) is 0 Å². The van der Waals surface area contributed by atoms with E-state index < -0.39 is 0 Å². The third-order valence-electron chi connectivity index (χ3n) is 5.05. The first-order valence-corrected chi connectivity index (χ1v) is 9.57. The topological polar surface area (TPSA) is 55.2 Å². The van der Waals surface area contributed by atoms with E-state index >= 15 is 0 Å². The van der Waals surface area contributed by atoms with Gasteiger partial charge >= 0.3 is 0 Å². The number of aryl methyl sites for hydroxylation is 3. The van der Waals surface area contributed by atoms with Gasteiger partial charge in [0.2, 0.25) is 5.91 Å². The van der Waals surface area contributed by atoms with E-state index in [1.165, 1.54) is 34.4 Å². The first-order chi connectivity index (χ1) is 12.8. The predicted molar refractivity (Wildman–Crippen MR) is 106 cm³/mol. The fraction of sp³-hybridized carbons (Fsp3) is 0.350. The van der Waals surface area contributed by atoms with Crippen LogP contribution in [0, 0.1) is 19.7 Å². The number of amides is 1. The fourth-order valence-corrected chi connectivity index (χ4v) is 3.99. The average molecular weight is 387 g/mol. The van der Waals surface area contributed by atoms with Crippen LogP contribution >= 0.6 is 11.3 Å². The maximum atomic E-state index is 13.1. The Morgan fingerprint density at radius 3 is 2.63 bits per heavy atom. The molecule has 0 aliphatic carbocycles. The number of benzene rings is 1. The molecule has 0 aliphatic heterocycles. The number of fused-ring (bicyclic) bond motifs is 1. The number of thiophene rings is 1. The summed E-state index contributed by atoms with van der Waals surface area (Å²) in [4.78, 5) is 33.1. The van der Waals surface area contributed by atoms with Crippen LogP contribution in [0.25, 0.3) is 10.2 Å². The van der Waals surface area contributed by atoms with Crippen molar-refractivity contribution in [1.82, 2.24) is 14.5 Å². The molecule has 1 atom stereocenters. The van der Waals surface area contributed by atoms with Gasteiger partial charge < -0.3 is 4.90 Å². The second kappa shape index (κ2) is 7.60. The summed E-state index contributed by atoms with van der Waals surface area (Å²) < 4.78 is 14.6. The Bertz CT molecular complexity index is 1040. The standard InChI is InChI=1S/C20H22FN3O2S/c1-12-14(3)27-19-18(12)20(26)24(11-22-19)10-9-17(25)23(4)13(2)15-5-7-16(21)8-6-15/h5-8,11,13H,9-10H2,1-4H3. The van der Waals surface area contributed by atoms with Gasteiger partial charge in [0.05, 0.1) is 17.8 Å². The number of halogens is 1. The summed E-state index contributed by atoms with van der Waals surface area (Å²) in [6.07, 6.45) is 1.70. The Hall–Kier alpha value is -2.54. The van der Waals surface area contributed by atoms with Crippen molar-refractivity contribution < 1.29 is 9.18 Å². The van der Waals surface area contributed by atoms with E-state index in [9.17, 15) is 14.0 Å². The molecule has 3 rings (SSSR count). The van der Waals surface area contributed by atoms with E-state index in [0.717, 1.165) is 20.8 Å². The zero-order chi connectivity index (χ0) is 19.7. The van der Waals surface area contributed by atoms with Crippen molar-refractivity contribution in [2.45, 2.75) is 39.8 Å². The Morgan fingerprint density at radius 2 is 1.96 bits per heavy atom. The molecule has 0 saturated heterocycles. The molecule has 0 N–H and O–H groups in total. The SMILES string of the molecule is Cc1sc2ncn(CCC(=O)N(C)C(C)c3ccc(F)cc3)c(=O)c2c1C. The molecule has 1 aromatic carbocycles. The third kappa shape index (κ3) is 3.78. The van der Waals surface area contributed by atoms with Gasteiger partial charge in [0.1, 0.15) is 10.6 Å². The summed E-state index contributed by atoms with van der Waals surface area (Å²) in [7, 11) is 1.72. The molecule has 2 aromatic heterocycles. The lowest BCUT2D eigenvalue weighted by molar-refractivity contribution is -0.132. The van der Waals surface area contributed by atoms with E-state index in [1.54, 1.807) is 24.1 Å². The number of rotatable bonds is 5. The van der Waals surface area contributed by atoms with Crippen molar-refractivity contribution in [3.05, 3.63) is 62.8 Å². The monoisotopic (exact) mass is 387 g/mol. The maximum Gasteiger partial charge on any atom is 0.262 e. The molecule has 1 amide bonds. The summed E-state index contributed by atoms with van der Waals surface area (Å²) in [5.41, 5.74) is 1.70. The lowest BCUT2D eigenvalue weighted by Gasteiger charge is -2.25. The quantitative estimate of drug-likeness (QED) is 0.669. The van der Waals surface area contributed by atoms with Crippen molar-refractivity contribution in [2.24, 2.45) is 0 Å². The summed E-state index contributed by atoms with van der Waals surface area (Å²) in [5, 5.41) is 0.639. The largest absolute Gasteiger partial charge is 0.339 e. The summed E-state index contributed by atoms with van der Waals surface area (Å²) in [5.74, 6) is -0.391. The highest BCUT2D eigenvalue weighted by Gasteiger charge is 2.18. The van der Waals surface area contributed by atoms with Crippen LogP contribution in [-0.2, 0) is 11.3 Å². The number of aromatic nitrogens is 2. The van der Waals surface area contributed by atoms with Gasteiger partial charge in [-0.1, -0.05) is 12.1 Å². The van der Waals surface area contributed by atoms with Crippen LogP contribution in [0.1, 0.15) is 35.4 Å². The zero-order valence-corrected chi connectivity index (χ0v) is 16.6. The van der Waals surface area contributed by atoms with E-state index in [4.69, 9.17) is 0 Å². The van der Waals surface area contributed by atoms with Gasteiger partial charge in [-0.3, -0.25) is 14.2 Å². The van der Waals surface area contributed by atoms with Crippen molar-refractivity contribution in [1.29, 1.82) is 0 Å². The molecular weight excluding hydrogens is 365 g/mol. The third-order valence-corrected chi connectivity index (χ3v) is 6.16. The normalized spacial score (nSPS) is 12.3. The van der Waals surface area contributed by atoms with Crippen LogP contribution in [0.4, 0.5) is 4.39 Å². The smallest absolute Gasteiger partial charge is 0.262 e. The first-order valence-electron chi connectivity index (χ1n) is 8.76. The van der Waals surface area contributed by atoms with E-state index in [-0.39, 0.29) is 36.3 Å². The summed E-state index contributed by atoms with van der Waals surface area (Å²) >= 11 is 1.51. The molecule has 0 spiro atoms. The van der Waals surface area contributed by atoms with E-state index in [2.05, 4.69) is 4.98 Å². The van der Waals surface area contributed by atoms with Crippen LogP contribution < -0.4 is 5.56 Å². The first kappa shape index (κ1) is 19.2. The minimum atomic E-state index is -0.304. The lowest BCUT2D eigenvalue weighted by Crippen LogP contribution is -2.31.